The summed E-state index contributed by atoms with van der Waals surface area (Å²) in [7, 11) is 3.62. The van der Waals surface area contributed by atoms with Crippen molar-refractivity contribution in [3.63, 3.8) is 0 Å². The number of imidazole rings is 1. The number of nitrogens with one attached hydrogen (secondary N) is 3. The Morgan fingerprint density at radius 3 is 2.87 bits per heavy atom. The first-order chi connectivity index (χ1) is 11.2. The van der Waals surface area contributed by atoms with Gasteiger partial charge in [0.1, 0.15) is 5.82 Å². The molecule has 120 valence electrons. The van der Waals surface area contributed by atoms with E-state index in [1.165, 1.54) is 5.56 Å². The van der Waals surface area contributed by atoms with Crippen LogP contribution in [0.1, 0.15) is 11.3 Å². The third kappa shape index (κ3) is 4.74. The molecule has 0 bridgehead atoms. The number of hydrogen-bond donors (Lipinski definition) is 3. The highest BCUT2D eigenvalue weighted by Crippen LogP contribution is 2.17. The first-order valence-corrected chi connectivity index (χ1v) is 7.37. The molecular formula is C16H21N7. The van der Waals surface area contributed by atoms with E-state index < -0.39 is 0 Å². The molecule has 2 aromatic rings. The fourth-order valence-electron chi connectivity index (χ4n) is 2.25. The summed E-state index contributed by atoms with van der Waals surface area (Å²) in [6.45, 7) is 1.38. The molecule has 23 heavy (non-hydrogen) atoms. The first-order valence-electron chi connectivity index (χ1n) is 7.37. The van der Waals surface area contributed by atoms with Gasteiger partial charge in [-0.2, -0.15) is 5.26 Å². The summed E-state index contributed by atoms with van der Waals surface area (Å²) < 4.78 is 0. The summed E-state index contributed by atoms with van der Waals surface area (Å²) in [5.74, 6) is 1.39. The fraction of sp³-hybridized carbons (Fsp3) is 0.312. The van der Waals surface area contributed by atoms with Crippen LogP contribution in [0.15, 0.2) is 41.7 Å². The first kappa shape index (κ1) is 16.4. The maximum Gasteiger partial charge on any atom is 0.204 e. The maximum absolute atomic E-state index is 8.60. The van der Waals surface area contributed by atoms with Crippen LogP contribution in [0.5, 0.6) is 0 Å². The van der Waals surface area contributed by atoms with Gasteiger partial charge in [0.25, 0.3) is 0 Å². The number of aromatic amines is 1. The summed E-state index contributed by atoms with van der Waals surface area (Å²) in [6, 6.07) is 10.3. The minimum absolute atomic E-state index is 0.465. The highest BCUT2D eigenvalue weighted by molar-refractivity contribution is 5.80. The summed E-state index contributed by atoms with van der Waals surface area (Å²) in [5, 5.41) is 14.2. The van der Waals surface area contributed by atoms with Crippen molar-refractivity contribution in [2.75, 3.05) is 32.1 Å². The molecule has 0 radical (unpaired) electrons. The Morgan fingerprint density at radius 1 is 1.39 bits per heavy atom. The smallest absolute Gasteiger partial charge is 0.204 e. The van der Waals surface area contributed by atoms with Gasteiger partial charge in [0.2, 0.25) is 5.96 Å². The van der Waals surface area contributed by atoms with E-state index in [0.717, 1.165) is 24.5 Å². The van der Waals surface area contributed by atoms with Crippen LogP contribution in [-0.2, 0) is 6.42 Å². The lowest BCUT2D eigenvalue weighted by Crippen LogP contribution is -2.39. The minimum Gasteiger partial charge on any atom is -0.356 e. The third-order valence-corrected chi connectivity index (χ3v) is 3.42. The Labute approximate surface area is 136 Å². The number of rotatable bonds is 6. The Morgan fingerprint density at radius 2 is 2.17 bits per heavy atom. The molecule has 1 heterocycles. The second-order valence-electron chi connectivity index (χ2n) is 5.02. The van der Waals surface area contributed by atoms with E-state index in [4.69, 9.17) is 5.26 Å². The van der Waals surface area contributed by atoms with E-state index in [-0.39, 0.29) is 0 Å². The van der Waals surface area contributed by atoms with Gasteiger partial charge in [0.15, 0.2) is 6.19 Å². The summed E-state index contributed by atoms with van der Waals surface area (Å²) >= 11 is 0. The molecular weight excluding hydrogens is 290 g/mol. The third-order valence-electron chi connectivity index (χ3n) is 3.42. The second-order valence-corrected chi connectivity index (χ2v) is 5.02. The minimum atomic E-state index is 0.465. The molecule has 3 N–H and O–H groups in total. The van der Waals surface area contributed by atoms with Crippen molar-refractivity contribution in [2.45, 2.75) is 6.42 Å². The number of likely N-dealkylation sites (N-methyl/N-ethyl adjacent to an activating group) is 1. The maximum atomic E-state index is 8.60. The molecule has 7 nitrogen and oxygen atoms in total. The standard InChI is InChI=1S/C16H21N7/c1-18-16(20-11-17)19-8-9-23(2)15-14(21-12-22-15)10-13-6-4-3-5-7-13/h3-7,12H,8-10H2,1-2H3,(H,21,22)(H2,18,19,20). The molecule has 2 rings (SSSR count). The van der Waals surface area contributed by atoms with E-state index in [2.05, 4.69) is 42.6 Å². The largest absolute Gasteiger partial charge is 0.356 e. The van der Waals surface area contributed by atoms with E-state index in [0.29, 0.717) is 12.5 Å². The summed E-state index contributed by atoms with van der Waals surface area (Å²) in [6.07, 6.45) is 4.37. The van der Waals surface area contributed by atoms with Gasteiger partial charge >= 0.3 is 0 Å². The molecule has 0 unspecified atom stereocenters. The molecule has 0 spiro atoms. The number of aromatic nitrogens is 2. The van der Waals surface area contributed by atoms with Crippen molar-refractivity contribution in [1.29, 1.82) is 5.26 Å². The molecule has 0 atom stereocenters. The molecule has 0 aliphatic carbocycles. The average molecular weight is 311 g/mol. The summed E-state index contributed by atoms with van der Waals surface area (Å²) in [4.78, 5) is 13.6. The predicted molar refractivity (Wildman–Crippen MR) is 91.2 cm³/mol. The molecule has 0 fully saturated rings. The lowest BCUT2D eigenvalue weighted by molar-refractivity contribution is 0.797. The van der Waals surface area contributed by atoms with Gasteiger partial charge in [-0.15, -0.1) is 0 Å². The Bertz CT molecular complexity index is 669. The van der Waals surface area contributed by atoms with Crippen LogP contribution in [0.25, 0.3) is 0 Å². The SMILES string of the molecule is CN=C(NC#N)NCCN(C)c1nc[nH]c1Cc1ccccc1. The van der Waals surface area contributed by atoms with Crippen LogP contribution in [0.2, 0.25) is 0 Å². The molecule has 1 aromatic carbocycles. The topological polar surface area (TPSA) is 92.1 Å². The molecule has 0 aliphatic heterocycles. The number of nitrogens with zero attached hydrogens (tertiary/aromatic N) is 4. The summed E-state index contributed by atoms with van der Waals surface area (Å²) in [5.41, 5.74) is 2.32. The van der Waals surface area contributed by atoms with Crippen molar-refractivity contribution in [3.8, 4) is 6.19 Å². The Balaban J connectivity index is 1.92. The van der Waals surface area contributed by atoms with Crippen molar-refractivity contribution in [3.05, 3.63) is 47.9 Å². The quantitative estimate of drug-likeness (QED) is 0.321. The van der Waals surface area contributed by atoms with E-state index in [9.17, 15) is 0 Å². The number of H-pyrrole nitrogens is 1. The van der Waals surface area contributed by atoms with E-state index in [1.54, 1.807) is 13.4 Å². The monoisotopic (exact) mass is 311 g/mol. The van der Waals surface area contributed by atoms with Gasteiger partial charge in [0, 0.05) is 33.6 Å². The molecule has 1 aromatic heterocycles. The van der Waals surface area contributed by atoms with Crippen LogP contribution in [-0.4, -0.2) is 43.1 Å². The Kier molecular flexibility index (Phi) is 6.00. The number of benzene rings is 1. The van der Waals surface area contributed by atoms with Gasteiger partial charge in [-0.3, -0.25) is 10.3 Å². The van der Waals surface area contributed by atoms with Gasteiger partial charge in [-0.05, 0) is 5.56 Å². The van der Waals surface area contributed by atoms with Crippen molar-refractivity contribution in [1.82, 2.24) is 20.6 Å². The number of anilines is 1. The van der Waals surface area contributed by atoms with Crippen molar-refractivity contribution >= 4 is 11.8 Å². The predicted octanol–water partition coefficient (Wildman–Crippen LogP) is 1.08. The average Bonchev–Trinajstić information content (AvgIpc) is 3.03. The number of aliphatic imine (C=N–C) groups is 1. The molecule has 0 saturated heterocycles. The molecule has 0 saturated carbocycles. The fourth-order valence-corrected chi connectivity index (χ4v) is 2.25. The van der Waals surface area contributed by atoms with Crippen LogP contribution >= 0.6 is 0 Å². The highest BCUT2D eigenvalue weighted by Gasteiger charge is 2.11. The zero-order valence-electron chi connectivity index (χ0n) is 13.4. The van der Waals surface area contributed by atoms with E-state index in [1.807, 2.05) is 31.4 Å². The van der Waals surface area contributed by atoms with Gasteiger partial charge in [-0.25, -0.2) is 4.98 Å². The van der Waals surface area contributed by atoms with Gasteiger partial charge in [0.05, 0.1) is 12.0 Å². The van der Waals surface area contributed by atoms with Crippen LogP contribution < -0.4 is 15.5 Å². The molecule has 0 amide bonds. The van der Waals surface area contributed by atoms with Crippen molar-refractivity contribution < 1.29 is 0 Å². The Hall–Kier alpha value is -3.01. The number of nitriles is 1. The zero-order valence-corrected chi connectivity index (χ0v) is 13.4. The normalized spacial score (nSPS) is 10.9. The van der Waals surface area contributed by atoms with Gasteiger partial charge in [-0.1, -0.05) is 30.3 Å². The highest BCUT2D eigenvalue weighted by atomic mass is 15.2. The van der Waals surface area contributed by atoms with Gasteiger partial charge < -0.3 is 15.2 Å². The van der Waals surface area contributed by atoms with Crippen LogP contribution in [0.4, 0.5) is 5.82 Å². The zero-order chi connectivity index (χ0) is 16.5. The van der Waals surface area contributed by atoms with Crippen molar-refractivity contribution in [2.24, 2.45) is 4.99 Å². The lowest BCUT2D eigenvalue weighted by atomic mass is 10.1. The van der Waals surface area contributed by atoms with Crippen LogP contribution in [0, 0.1) is 11.5 Å². The lowest BCUT2D eigenvalue weighted by Gasteiger charge is -2.19. The number of guanidine groups is 1. The van der Waals surface area contributed by atoms with Crippen LogP contribution in [0.3, 0.4) is 0 Å². The molecule has 0 aliphatic rings. The second kappa shape index (κ2) is 8.44. The molecule has 7 heteroatoms. The number of hydrogen-bond acceptors (Lipinski definition) is 4. The van der Waals surface area contributed by atoms with E-state index >= 15 is 0 Å².